The van der Waals surface area contributed by atoms with E-state index >= 15 is 0 Å². The lowest BCUT2D eigenvalue weighted by molar-refractivity contribution is 0.0982. The lowest BCUT2D eigenvalue weighted by Gasteiger charge is -2.04. The molecule has 1 N–H and O–H groups in total. The van der Waals surface area contributed by atoms with Crippen LogP contribution in [-0.4, -0.2) is 15.8 Å². The highest BCUT2D eigenvalue weighted by atomic mass is 16.1. The summed E-state index contributed by atoms with van der Waals surface area (Å²) in [5.74, 6) is 0.184. The van der Waals surface area contributed by atoms with Gasteiger partial charge in [-0.2, -0.15) is 0 Å². The van der Waals surface area contributed by atoms with E-state index in [0.29, 0.717) is 12.8 Å². The maximum atomic E-state index is 12.1. The van der Waals surface area contributed by atoms with Crippen LogP contribution in [0.25, 0.3) is 0 Å². The largest absolute Gasteiger partial charge is 0.348 e. The van der Waals surface area contributed by atoms with Crippen LogP contribution in [0.1, 0.15) is 39.3 Å². The van der Waals surface area contributed by atoms with Gasteiger partial charge >= 0.3 is 0 Å². The zero-order chi connectivity index (χ0) is 13.1. The predicted octanol–water partition coefficient (Wildman–Crippen LogP) is 3.15. The van der Waals surface area contributed by atoms with Gasteiger partial charge < -0.3 is 4.98 Å². The van der Waals surface area contributed by atoms with Gasteiger partial charge in [0.1, 0.15) is 0 Å². The monoisotopic (exact) mass is 242 g/mol. The second-order valence-corrected chi connectivity index (χ2v) is 4.77. The number of hydrogen-bond donors (Lipinski definition) is 1. The third-order valence-electron chi connectivity index (χ3n) is 3.07. The van der Waals surface area contributed by atoms with Gasteiger partial charge in [0, 0.05) is 17.7 Å². The Kier molecular flexibility index (Phi) is 3.60. The van der Waals surface area contributed by atoms with E-state index in [2.05, 4.69) is 16.0 Å². The van der Waals surface area contributed by atoms with Crippen molar-refractivity contribution in [1.29, 1.82) is 0 Å². The number of aryl methyl sites for hydroxylation is 4. The Labute approximate surface area is 107 Å². The number of aromatic amines is 1. The lowest BCUT2D eigenvalue weighted by atomic mass is 10.0. The highest BCUT2D eigenvalue weighted by Gasteiger charge is 2.09. The first kappa shape index (κ1) is 12.6. The first-order valence-electron chi connectivity index (χ1n) is 6.16. The third kappa shape index (κ3) is 2.86. The average Bonchev–Trinajstić information content (AvgIpc) is 2.70. The molecule has 0 saturated carbocycles. The van der Waals surface area contributed by atoms with Gasteiger partial charge in [0.05, 0.1) is 12.0 Å². The van der Waals surface area contributed by atoms with Crippen LogP contribution in [0.4, 0.5) is 0 Å². The van der Waals surface area contributed by atoms with Gasteiger partial charge in [-0.15, -0.1) is 0 Å². The molecular formula is C15H18N2O. The smallest absolute Gasteiger partial charge is 0.163 e. The molecule has 0 bridgehead atoms. The van der Waals surface area contributed by atoms with Crippen molar-refractivity contribution in [3.8, 4) is 0 Å². The molecular weight excluding hydrogens is 224 g/mol. The summed E-state index contributed by atoms with van der Waals surface area (Å²) < 4.78 is 0. The SMILES string of the molecule is Cc1cc(C)cc(C(=O)CCc2nc[nH]c2C)c1. The van der Waals surface area contributed by atoms with E-state index < -0.39 is 0 Å². The minimum absolute atomic E-state index is 0.184. The fourth-order valence-corrected chi connectivity index (χ4v) is 2.15. The lowest BCUT2D eigenvalue weighted by Crippen LogP contribution is -2.03. The Morgan fingerprint density at radius 1 is 1.17 bits per heavy atom. The van der Waals surface area contributed by atoms with Crippen LogP contribution in [0, 0.1) is 20.8 Å². The number of Topliss-reactive ketones (excluding diaryl/α,β-unsaturated/α-hetero) is 1. The number of carbonyl (C=O) groups is 1. The number of rotatable bonds is 4. The summed E-state index contributed by atoms with van der Waals surface area (Å²) in [6, 6.07) is 5.98. The van der Waals surface area contributed by atoms with Gasteiger partial charge in [0.25, 0.3) is 0 Å². The molecule has 0 spiro atoms. The second kappa shape index (κ2) is 5.17. The molecule has 0 atom stereocenters. The molecule has 0 saturated heterocycles. The minimum atomic E-state index is 0.184. The van der Waals surface area contributed by atoms with Crippen LogP contribution < -0.4 is 0 Å². The van der Waals surface area contributed by atoms with Crippen LogP contribution in [0.15, 0.2) is 24.5 Å². The standard InChI is InChI=1S/C15H18N2O/c1-10-6-11(2)8-13(7-10)15(18)5-4-14-12(3)16-9-17-14/h6-9H,4-5H2,1-3H3,(H,16,17). The zero-order valence-electron chi connectivity index (χ0n) is 11.1. The quantitative estimate of drug-likeness (QED) is 0.837. The molecule has 0 aliphatic carbocycles. The summed E-state index contributed by atoms with van der Waals surface area (Å²) >= 11 is 0. The van der Waals surface area contributed by atoms with E-state index in [-0.39, 0.29) is 5.78 Å². The van der Waals surface area contributed by atoms with Crippen LogP contribution in [0.3, 0.4) is 0 Å². The molecule has 0 radical (unpaired) electrons. The van der Waals surface area contributed by atoms with E-state index in [9.17, 15) is 4.79 Å². The van der Waals surface area contributed by atoms with E-state index in [1.54, 1.807) is 6.33 Å². The molecule has 94 valence electrons. The molecule has 0 unspecified atom stereocenters. The first-order valence-corrected chi connectivity index (χ1v) is 6.16. The fourth-order valence-electron chi connectivity index (χ4n) is 2.15. The number of benzene rings is 1. The molecule has 2 aromatic rings. The summed E-state index contributed by atoms with van der Waals surface area (Å²) in [7, 11) is 0. The van der Waals surface area contributed by atoms with Crippen molar-refractivity contribution in [3.63, 3.8) is 0 Å². The Hall–Kier alpha value is -1.90. The Morgan fingerprint density at radius 3 is 2.39 bits per heavy atom. The number of H-pyrrole nitrogens is 1. The van der Waals surface area contributed by atoms with Crippen molar-refractivity contribution < 1.29 is 4.79 Å². The molecule has 18 heavy (non-hydrogen) atoms. The molecule has 3 heteroatoms. The second-order valence-electron chi connectivity index (χ2n) is 4.77. The van der Waals surface area contributed by atoms with E-state index in [1.165, 1.54) is 0 Å². The Balaban J connectivity index is 2.06. The molecule has 0 aliphatic rings. The summed E-state index contributed by atoms with van der Waals surface area (Å²) in [4.78, 5) is 19.4. The van der Waals surface area contributed by atoms with Gasteiger partial charge in [-0.3, -0.25) is 4.79 Å². The zero-order valence-corrected chi connectivity index (χ0v) is 11.1. The van der Waals surface area contributed by atoms with E-state index in [4.69, 9.17) is 0 Å². The average molecular weight is 242 g/mol. The highest BCUT2D eigenvalue weighted by Crippen LogP contribution is 2.13. The van der Waals surface area contributed by atoms with Gasteiger partial charge in [0.2, 0.25) is 0 Å². The Morgan fingerprint density at radius 2 is 1.83 bits per heavy atom. The number of carbonyl (C=O) groups excluding carboxylic acids is 1. The van der Waals surface area contributed by atoms with Crippen LogP contribution in [0.5, 0.6) is 0 Å². The fraction of sp³-hybridized carbons (Fsp3) is 0.333. The summed E-state index contributed by atoms with van der Waals surface area (Å²) in [6.45, 7) is 6.01. The third-order valence-corrected chi connectivity index (χ3v) is 3.07. The summed E-state index contributed by atoms with van der Waals surface area (Å²) in [5, 5.41) is 0. The number of hydrogen-bond acceptors (Lipinski definition) is 2. The van der Waals surface area contributed by atoms with Crippen LogP contribution in [0.2, 0.25) is 0 Å². The van der Waals surface area contributed by atoms with Gasteiger partial charge in [-0.05, 0) is 39.3 Å². The maximum absolute atomic E-state index is 12.1. The summed E-state index contributed by atoms with van der Waals surface area (Å²) in [5.41, 5.74) is 5.10. The predicted molar refractivity (Wildman–Crippen MR) is 71.9 cm³/mol. The van der Waals surface area contributed by atoms with Gasteiger partial charge in [0.15, 0.2) is 5.78 Å². The molecule has 0 fully saturated rings. The molecule has 3 nitrogen and oxygen atoms in total. The molecule has 1 aromatic heterocycles. The molecule has 2 rings (SSSR count). The maximum Gasteiger partial charge on any atom is 0.163 e. The van der Waals surface area contributed by atoms with Crippen molar-refractivity contribution in [2.24, 2.45) is 0 Å². The number of nitrogens with one attached hydrogen (secondary N) is 1. The molecule has 0 amide bonds. The van der Waals surface area contributed by atoms with Gasteiger partial charge in [-0.1, -0.05) is 17.2 Å². The first-order chi connectivity index (χ1) is 8.56. The number of ketones is 1. The van der Waals surface area contributed by atoms with Crippen molar-refractivity contribution in [2.45, 2.75) is 33.6 Å². The van der Waals surface area contributed by atoms with Crippen molar-refractivity contribution >= 4 is 5.78 Å². The molecule has 1 heterocycles. The molecule has 1 aromatic carbocycles. The number of imidazole rings is 1. The van der Waals surface area contributed by atoms with Crippen molar-refractivity contribution in [3.05, 3.63) is 52.6 Å². The highest BCUT2D eigenvalue weighted by molar-refractivity contribution is 5.96. The topological polar surface area (TPSA) is 45.8 Å². The van der Waals surface area contributed by atoms with E-state index in [0.717, 1.165) is 28.1 Å². The van der Waals surface area contributed by atoms with E-state index in [1.807, 2.05) is 32.9 Å². The summed E-state index contributed by atoms with van der Waals surface area (Å²) in [6.07, 6.45) is 2.88. The Bertz CT molecular complexity index is 549. The van der Waals surface area contributed by atoms with Crippen LogP contribution in [-0.2, 0) is 6.42 Å². The normalized spacial score (nSPS) is 10.6. The molecule has 0 aliphatic heterocycles. The number of nitrogens with zero attached hydrogens (tertiary/aromatic N) is 1. The van der Waals surface area contributed by atoms with Crippen molar-refractivity contribution in [1.82, 2.24) is 9.97 Å². The van der Waals surface area contributed by atoms with Gasteiger partial charge in [-0.25, -0.2) is 4.98 Å². The minimum Gasteiger partial charge on any atom is -0.348 e. The number of aromatic nitrogens is 2. The van der Waals surface area contributed by atoms with Crippen molar-refractivity contribution in [2.75, 3.05) is 0 Å². The van der Waals surface area contributed by atoms with Crippen LogP contribution >= 0.6 is 0 Å².